The van der Waals surface area contributed by atoms with Crippen molar-refractivity contribution >= 4 is 23.6 Å². The van der Waals surface area contributed by atoms with Gasteiger partial charge in [-0.2, -0.15) is 0 Å². The highest BCUT2D eigenvalue weighted by Gasteiger charge is 2.09. The number of halogens is 1. The van der Waals surface area contributed by atoms with Crippen LogP contribution in [0.5, 0.6) is 11.5 Å². The van der Waals surface area contributed by atoms with Crippen LogP contribution >= 0.6 is 11.6 Å². The number of rotatable bonds is 4. The minimum atomic E-state index is -1.02. The van der Waals surface area contributed by atoms with Crippen molar-refractivity contribution in [2.24, 2.45) is 0 Å². The normalized spacial score (nSPS) is 10.4. The standard InChI is InChI=1S/C11H11ClO4/c1-15-9-6-7(3-4-10(13)14)5-8(12)11(9)16-2/h3-6H,1-2H3,(H,13,14)/b4-3+. The molecule has 0 aromatic heterocycles. The van der Waals surface area contributed by atoms with Crippen LogP contribution < -0.4 is 9.47 Å². The number of ether oxygens (including phenoxy) is 2. The zero-order valence-corrected chi connectivity index (χ0v) is 9.62. The third-order valence-electron chi connectivity index (χ3n) is 1.87. The fourth-order valence-electron chi connectivity index (χ4n) is 1.20. The zero-order chi connectivity index (χ0) is 12.1. The monoisotopic (exact) mass is 242 g/mol. The Morgan fingerprint density at radius 1 is 1.38 bits per heavy atom. The van der Waals surface area contributed by atoms with E-state index in [1.165, 1.54) is 20.3 Å². The Bertz CT molecular complexity index is 426. The van der Waals surface area contributed by atoms with Crippen LogP contribution in [0.2, 0.25) is 5.02 Å². The van der Waals surface area contributed by atoms with E-state index in [4.69, 9.17) is 26.2 Å². The van der Waals surface area contributed by atoms with Gasteiger partial charge in [-0.05, 0) is 23.8 Å². The summed E-state index contributed by atoms with van der Waals surface area (Å²) < 4.78 is 10.1. The minimum absolute atomic E-state index is 0.367. The van der Waals surface area contributed by atoms with Crippen LogP contribution in [0.25, 0.3) is 6.08 Å². The molecule has 0 atom stereocenters. The van der Waals surface area contributed by atoms with E-state index in [2.05, 4.69) is 0 Å². The maximum Gasteiger partial charge on any atom is 0.328 e. The highest BCUT2D eigenvalue weighted by molar-refractivity contribution is 6.32. The molecule has 0 amide bonds. The molecule has 0 aliphatic rings. The van der Waals surface area contributed by atoms with Gasteiger partial charge in [0.05, 0.1) is 19.2 Å². The lowest BCUT2D eigenvalue weighted by molar-refractivity contribution is -0.131. The lowest BCUT2D eigenvalue weighted by Gasteiger charge is -2.09. The number of hydrogen-bond donors (Lipinski definition) is 1. The van der Waals surface area contributed by atoms with E-state index in [1.54, 1.807) is 12.1 Å². The van der Waals surface area contributed by atoms with Gasteiger partial charge in [0.25, 0.3) is 0 Å². The number of carbonyl (C=O) groups is 1. The summed E-state index contributed by atoms with van der Waals surface area (Å²) in [6.45, 7) is 0. The molecule has 0 saturated heterocycles. The van der Waals surface area contributed by atoms with Crippen molar-refractivity contribution in [2.75, 3.05) is 14.2 Å². The summed E-state index contributed by atoms with van der Waals surface area (Å²) in [5.74, 6) is -0.136. The Morgan fingerprint density at radius 2 is 2.06 bits per heavy atom. The van der Waals surface area contributed by atoms with Crippen LogP contribution in [0, 0.1) is 0 Å². The van der Waals surface area contributed by atoms with E-state index >= 15 is 0 Å². The van der Waals surface area contributed by atoms with E-state index < -0.39 is 5.97 Å². The van der Waals surface area contributed by atoms with Crippen molar-refractivity contribution in [3.63, 3.8) is 0 Å². The summed E-state index contributed by atoms with van der Waals surface area (Å²) >= 11 is 5.94. The second-order valence-electron chi connectivity index (χ2n) is 2.91. The van der Waals surface area contributed by atoms with Crippen LogP contribution in [-0.2, 0) is 4.79 Å². The SMILES string of the molecule is COc1cc(/C=C/C(=O)O)cc(Cl)c1OC. The van der Waals surface area contributed by atoms with Gasteiger partial charge in [-0.1, -0.05) is 11.6 Å². The maximum absolute atomic E-state index is 10.4. The molecule has 0 spiro atoms. The first-order valence-corrected chi connectivity index (χ1v) is 4.78. The van der Waals surface area contributed by atoms with Crippen molar-refractivity contribution in [3.8, 4) is 11.5 Å². The molecule has 0 saturated carbocycles. The molecule has 4 nitrogen and oxygen atoms in total. The molecule has 0 radical (unpaired) electrons. The summed E-state index contributed by atoms with van der Waals surface area (Å²) in [7, 11) is 2.97. The first-order chi connectivity index (χ1) is 7.58. The molecule has 1 aromatic carbocycles. The van der Waals surface area contributed by atoms with Gasteiger partial charge < -0.3 is 14.6 Å². The summed E-state index contributed by atoms with van der Waals surface area (Å²) in [5, 5.41) is 8.86. The van der Waals surface area contributed by atoms with Crippen molar-refractivity contribution in [1.29, 1.82) is 0 Å². The smallest absolute Gasteiger partial charge is 0.328 e. The molecule has 0 fully saturated rings. The Balaban J connectivity index is 3.15. The van der Waals surface area contributed by atoms with Gasteiger partial charge in [-0.25, -0.2) is 4.79 Å². The second-order valence-corrected chi connectivity index (χ2v) is 3.32. The van der Waals surface area contributed by atoms with Gasteiger partial charge in [0.15, 0.2) is 11.5 Å². The zero-order valence-electron chi connectivity index (χ0n) is 8.86. The number of benzene rings is 1. The van der Waals surface area contributed by atoms with Crippen molar-refractivity contribution in [1.82, 2.24) is 0 Å². The largest absolute Gasteiger partial charge is 0.493 e. The van der Waals surface area contributed by atoms with Gasteiger partial charge in [0.1, 0.15) is 0 Å². The Kier molecular flexibility index (Phi) is 4.19. The molecule has 0 unspecified atom stereocenters. The fourth-order valence-corrected chi connectivity index (χ4v) is 1.50. The van der Waals surface area contributed by atoms with E-state index in [-0.39, 0.29) is 0 Å². The number of hydrogen-bond acceptors (Lipinski definition) is 3. The molecule has 5 heteroatoms. The van der Waals surface area contributed by atoms with Gasteiger partial charge >= 0.3 is 5.97 Å². The molecule has 1 aromatic rings. The highest BCUT2D eigenvalue weighted by Crippen LogP contribution is 2.36. The quantitative estimate of drug-likeness (QED) is 0.824. The molecular formula is C11H11ClO4. The molecule has 1 N–H and O–H groups in total. The highest BCUT2D eigenvalue weighted by atomic mass is 35.5. The molecule has 1 rings (SSSR count). The van der Waals surface area contributed by atoms with Crippen molar-refractivity contribution < 1.29 is 19.4 Å². The Labute approximate surface area is 98.1 Å². The average molecular weight is 243 g/mol. The fraction of sp³-hybridized carbons (Fsp3) is 0.182. The predicted octanol–water partition coefficient (Wildman–Crippen LogP) is 2.46. The summed E-state index contributed by atoms with van der Waals surface area (Å²) in [4.78, 5) is 10.4. The van der Waals surface area contributed by atoms with E-state index in [1.807, 2.05) is 0 Å². The second kappa shape index (κ2) is 5.42. The van der Waals surface area contributed by atoms with Crippen LogP contribution in [0.4, 0.5) is 0 Å². The molecule has 16 heavy (non-hydrogen) atoms. The van der Waals surface area contributed by atoms with Crippen LogP contribution in [0.1, 0.15) is 5.56 Å². The van der Waals surface area contributed by atoms with Crippen molar-refractivity contribution in [2.45, 2.75) is 0 Å². The van der Waals surface area contributed by atoms with Gasteiger partial charge in [-0.15, -0.1) is 0 Å². The summed E-state index contributed by atoms with van der Waals surface area (Å²) in [5.41, 5.74) is 0.630. The first kappa shape index (κ1) is 12.4. The number of carboxylic acids is 1. The maximum atomic E-state index is 10.4. The molecule has 0 heterocycles. The molecule has 0 aliphatic heterocycles. The van der Waals surface area contributed by atoms with Gasteiger partial charge in [-0.3, -0.25) is 0 Å². The summed E-state index contributed by atoms with van der Waals surface area (Å²) in [6, 6.07) is 3.24. The third kappa shape index (κ3) is 2.90. The van der Waals surface area contributed by atoms with Crippen LogP contribution in [0.15, 0.2) is 18.2 Å². The average Bonchev–Trinajstić information content (AvgIpc) is 2.25. The van der Waals surface area contributed by atoms with E-state index in [0.717, 1.165) is 6.08 Å². The minimum Gasteiger partial charge on any atom is -0.493 e. The summed E-state index contributed by atoms with van der Waals surface area (Å²) in [6.07, 6.45) is 2.45. The Morgan fingerprint density at radius 3 is 2.56 bits per heavy atom. The Hall–Kier alpha value is -1.68. The number of carboxylic acid groups (broad SMARTS) is 1. The van der Waals surface area contributed by atoms with Gasteiger partial charge in [0.2, 0.25) is 0 Å². The van der Waals surface area contributed by atoms with Crippen LogP contribution in [0.3, 0.4) is 0 Å². The van der Waals surface area contributed by atoms with Crippen LogP contribution in [-0.4, -0.2) is 25.3 Å². The molecule has 0 bridgehead atoms. The van der Waals surface area contributed by atoms with Gasteiger partial charge in [0, 0.05) is 6.08 Å². The van der Waals surface area contributed by atoms with E-state index in [9.17, 15) is 4.79 Å². The molecule has 0 aliphatic carbocycles. The van der Waals surface area contributed by atoms with E-state index in [0.29, 0.717) is 22.1 Å². The molecule has 86 valence electrons. The number of aliphatic carboxylic acids is 1. The lowest BCUT2D eigenvalue weighted by atomic mass is 10.2. The topological polar surface area (TPSA) is 55.8 Å². The number of methoxy groups -OCH3 is 2. The van der Waals surface area contributed by atoms with Crippen molar-refractivity contribution in [3.05, 3.63) is 28.8 Å². The predicted molar refractivity (Wildman–Crippen MR) is 61.2 cm³/mol. The lowest BCUT2D eigenvalue weighted by Crippen LogP contribution is -1.92. The third-order valence-corrected chi connectivity index (χ3v) is 2.16. The first-order valence-electron chi connectivity index (χ1n) is 4.41. The molecular weight excluding hydrogens is 232 g/mol.